The molecule has 2 aliphatic carbocycles. The minimum Gasteiger partial charge on any atom is -0.325 e. The van der Waals surface area contributed by atoms with Gasteiger partial charge >= 0.3 is 0 Å². The standard InChI is InChI=1S/C32H32BrN7O3/c1-16-5-8-26(33)36-30(16)37-31(43)24-11-32(4)12-25(32)40(24)27(42)15-39-29-22(19-6-7-19)9-20(21-13-34-18(3)35-14-21)10-23(29)28(38-39)17(2)41/h5,8-10,13-14,19,24-25H,6-7,11-12,15H2,1-4H3,(H,36,37,43)/t24?,25?,32-/m0/s1. The number of carbonyl (C=O) groups is 3. The molecule has 220 valence electrons. The van der Waals surface area contributed by atoms with Gasteiger partial charge in [-0.15, -0.1) is 0 Å². The van der Waals surface area contributed by atoms with Crippen molar-refractivity contribution in [2.75, 3.05) is 5.32 Å². The number of hydrogen-bond donors (Lipinski definition) is 1. The number of nitrogens with one attached hydrogen (secondary N) is 1. The molecule has 2 saturated carbocycles. The lowest BCUT2D eigenvalue weighted by Crippen LogP contribution is -2.47. The van der Waals surface area contributed by atoms with Crippen LogP contribution in [0.25, 0.3) is 22.0 Å². The van der Waals surface area contributed by atoms with Crippen LogP contribution in [0.5, 0.6) is 0 Å². The summed E-state index contributed by atoms with van der Waals surface area (Å²) >= 11 is 3.37. The van der Waals surface area contributed by atoms with E-state index in [1.54, 1.807) is 22.0 Å². The van der Waals surface area contributed by atoms with Gasteiger partial charge in [0, 0.05) is 36.3 Å². The second-order valence-corrected chi connectivity index (χ2v) is 13.3. The number of pyridine rings is 1. The number of carbonyl (C=O) groups excluding carboxylic acids is 3. The number of rotatable bonds is 7. The Hall–Kier alpha value is -3.99. The molecule has 1 N–H and O–H groups in total. The van der Waals surface area contributed by atoms with Gasteiger partial charge in [-0.1, -0.05) is 13.0 Å². The van der Waals surface area contributed by atoms with E-state index in [4.69, 9.17) is 5.10 Å². The summed E-state index contributed by atoms with van der Waals surface area (Å²) in [6, 6.07) is 7.17. The number of halogens is 1. The van der Waals surface area contributed by atoms with E-state index in [-0.39, 0.29) is 35.6 Å². The van der Waals surface area contributed by atoms with Crippen molar-refractivity contribution in [2.24, 2.45) is 5.41 Å². The number of benzene rings is 1. The maximum atomic E-state index is 14.1. The van der Waals surface area contributed by atoms with E-state index < -0.39 is 6.04 Å². The number of amides is 2. The smallest absolute Gasteiger partial charge is 0.248 e. The van der Waals surface area contributed by atoms with Crippen molar-refractivity contribution in [3.8, 4) is 11.1 Å². The minimum atomic E-state index is -0.610. The molecule has 11 heteroatoms. The zero-order valence-electron chi connectivity index (χ0n) is 24.5. The zero-order valence-corrected chi connectivity index (χ0v) is 26.1. The molecule has 3 aliphatic rings. The number of aryl methyl sites for hydroxylation is 2. The first kappa shape index (κ1) is 27.8. The van der Waals surface area contributed by atoms with Crippen molar-refractivity contribution < 1.29 is 14.4 Å². The van der Waals surface area contributed by atoms with Crippen LogP contribution >= 0.6 is 15.9 Å². The molecular weight excluding hydrogens is 610 g/mol. The summed E-state index contributed by atoms with van der Waals surface area (Å²) < 4.78 is 2.31. The first-order valence-electron chi connectivity index (χ1n) is 14.6. The third kappa shape index (κ3) is 4.93. The average molecular weight is 643 g/mol. The van der Waals surface area contributed by atoms with Gasteiger partial charge in [-0.25, -0.2) is 15.0 Å². The molecule has 3 atom stereocenters. The van der Waals surface area contributed by atoms with E-state index in [1.165, 1.54) is 6.92 Å². The van der Waals surface area contributed by atoms with Crippen LogP contribution in [0.1, 0.15) is 72.9 Å². The fourth-order valence-corrected chi connectivity index (χ4v) is 6.85. The molecule has 0 spiro atoms. The lowest BCUT2D eigenvalue weighted by Gasteiger charge is -2.27. The summed E-state index contributed by atoms with van der Waals surface area (Å²) in [5.41, 5.74) is 4.76. The van der Waals surface area contributed by atoms with Crippen LogP contribution in [0.2, 0.25) is 0 Å². The highest BCUT2D eigenvalue weighted by Gasteiger charge is 2.64. The average Bonchev–Trinajstić information content (AvgIpc) is 3.87. The van der Waals surface area contributed by atoms with Gasteiger partial charge in [-0.05, 0) is 102 Å². The number of hydrogen-bond acceptors (Lipinski definition) is 7. The van der Waals surface area contributed by atoms with Crippen LogP contribution in [-0.4, -0.2) is 59.3 Å². The Morgan fingerprint density at radius 1 is 1.07 bits per heavy atom. The SMILES string of the molecule is CC(=O)c1nn(CC(=O)N2C(C(=O)Nc3nc(Br)ccc3C)C[C@@]3(C)CC23)c2c(C3CC3)cc(-c3cnc(C)nc3)cc12. The van der Waals surface area contributed by atoms with Crippen LogP contribution in [0.15, 0.2) is 41.3 Å². The number of fused-ring (bicyclic) bond motifs is 2. The molecule has 0 bridgehead atoms. The first-order valence-corrected chi connectivity index (χ1v) is 15.4. The van der Waals surface area contributed by atoms with Crippen molar-refractivity contribution >= 4 is 50.2 Å². The molecule has 4 heterocycles. The number of nitrogens with zero attached hydrogens (tertiary/aromatic N) is 6. The van der Waals surface area contributed by atoms with Gasteiger partial charge in [-0.3, -0.25) is 19.1 Å². The molecule has 10 nitrogen and oxygen atoms in total. The highest BCUT2D eigenvalue weighted by Crippen LogP contribution is 2.59. The summed E-state index contributed by atoms with van der Waals surface area (Å²) in [4.78, 5) is 55.3. The van der Waals surface area contributed by atoms with Gasteiger partial charge in [-0.2, -0.15) is 5.10 Å². The number of Topliss-reactive ketones (excluding diaryl/α,β-unsaturated/α-hetero) is 1. The van der Waals surface area contributed by atoms with E-state index in [1.807, 2.05) is 32.0 Å². The van der Waals surface area contributed by atoms with E-state index in [2.05, 4.69) is 49.2 Å². The number of anilines is 1. The monoisotopic (exact) mass is 641 g/mol. The highest BCUT2D eigenvalue weighted by molar-refractivity contribution is 9.10. The zero-order chi connectivity index (χ0) is 30.2. The molecule has 7 rings (SSSR count). The quantitative estimate of drug-likeness (QED) is 0.213. The Bertz CT molecular complexity index is 1830. The van der Waals surface area contributed by atoms with E-state index in [0.717, 1.165) is 52.4 Å². The molecule has 43 heavy (non-hydrogen) atoms. The molecule has 1 aliphatic heterocycles. The Balaban J connectivity index is 1.24. The second-order valence-electron chi connectivity index (χ2n) is 12.5. The summed E-state index contributed by atoms with van der Waals surface area (Å²) in [6.45, 7) is 7.30. The summed E-state index contributed by atoms with van der Waals surface area (Å²) in [6.07, 6.45) is 7.11. The van der Waals surface area contributed by atoms with Gasteiger partial charge in [0.25, 0.3) is 0 Å². The molecule has 1 saturated heterocycles. The Labute approximate surface area is 257 Å². The van der Waals surface area contributed by atoms with Crippen molar-refractivity contribution in [1.29, 1.82) is 0 Å². The van der Waals surface area contributed by atoms with Crippen LogP contribution in [0.3, 0.4) is 0 Å². The van der Waals surface area contributed by atoms with Crippen molar-refractivity contribution in [3.05, 3.63) is 63.9 Å². The third-order valence-electron chi connectivity index (χ3n) is 9.15. The van der Waals surface area contributed by atoms with Gasteiger partial charge < -0.3 is 10.2 Å². The Morgan fingerprint density at radius 3 is 2.51 bits per heavy atom. The molecule has 3 fully saturated rings. The molecule has 2 unspecified atom stereocenters. The van der Waals surface area contributed by atoms with Crippen molar-refractivity contribution in [1.82, 2.24) is 29.6 Å². The summed E-state index contributed by atoms with van der Waals surface area (Å²) in [5.74, 6) is 0.908. The Kier molecular flexibility index (Phi) is 6.50. The third-order valence-corrected chi connectivity index (χ3v) is 9.60. The van der Waals surface area contributed by atoms with Crippen LogP contribution in [-0.2, 0) is 16.1 Å². The second kappa shape index (κ2) is 10.0. The van der Waals surface area contributed by atoms with Crippen LogP contribution in [0, 0.1) is 19.3 Å². The van der Waals surface area contributed by atoms with Crippen LogP contribution in [0.4, 0.5) is 5.82 Å². The molecule has 2 amide bonds. The summed E-state index contributed by atoms with van der Waals surface area (Å²) in [7, 11) is 0. The lowest BCUT2D eigenvalue weighted by molar-refractivity contribution is -0.138. The largest absolute Gasteiger partial charge is 0.325 e. The van der Waals surface area contributed by atoms with E-state index in [9.17, 15) is 14.4 Å². The Morgan fingerprint density at radius 2 is 1.81 bits per heavy atom. The predicted molar refractivity (Wildman–Crippen MR) is 165 cm³/mol. The number of ketones is 1. The maximum absolute atomic E-state index is 14.1. The van der Waals surface area contributed by atoms with Gasteiger partial charge in [0.2, 0.25) is 11.8 Å². The predicted octanol–water partition coefficient (Wildman–Crippen LogP) is 5.37. The van der Waals surface area contributed by atoms with Gasteiger partial charge in [0.1, 0.15) is 34.5 Å². The van der Waals surface area contributed by atoms with E-state index in [0.29, 0.717) is 34.3 Å². The fraction of sp³-hybridized carbons (Fsp3) is 0.406. The topological polar surface area (TPSA) is 123 Å². The summed E-state index contributed by atoms with van der Waals surface area (Å²) in [5, 5.41) is 8.39. The van der Waals surface area contributed by atoms with E-state index >= 15 is 0 Å². The number of likely N-dealkylation sites (tertiary alicyclic amines) is 1. The molecular formula is C32H32BrN7O3. The minimum absolute atomic E-state index is 0.00235. The molecule has 4 aromatic rings. The van der Waals surface area contributed by atoms with Gasteiger partial charge in [0.15, 0.2) is 5.78 Å². The van der Waals surface area contributed by atoms with Crippen molar-refractivity contribution in [3.63, 3.8) is 0 Å². The molecule has 3 aromatic heterocycles. The molecule has 1 aromatic carbocycles. The van der Waals surface area contributed by atoms with Crippen LogP contribution < -0.4 is 5.32 Å². The van der Waals surface area contributed by atoms with Gasteiger partial charge in [0.05, 0.1) is 5.52 Å². The number of piperidine rings is 1. The molecule has 0 radical (unpaired) electrons. The lowest BCUT2D eigenvalue weighted by atomic mass is 9.98. The maximum Gasteiger partial charge on any atom is 0.248 e. The fourth-order valence-electron chi connectivity index (χ4n) is 6.54. The van der Waals surface area contributed by atoms with Crippen molar-refractivity contribution in [2.45, 2.75) is 77.9 Å². The number of aromatic nitrogens is 5. The first-order chi connectivity index (χ1) is 20.5. The normalized spacial score (nSPS) is 22.5. The highest BCUT2D eigenvalue weighted by atomic mass is 79.9.